The molecule has 0 saturated carbocycles. The fourth-order valence-corrected chi connectivity index (χ4v) is 3.25. The summed E-state index contributed by atoms with van der Waals surface area (Å²) in [5.74, 6) is -0.0991. The van der Waals surface area contributed by atoms with E-state index in [-0.39, 0.29) is 11.6 Å². The zero-order valence-electron chi connectivity index (χ0n) is 16.2. The molecule has 4 rings (SSSR count). The van der Waals surface area contributed by atoms with Crippen LogP contribution in [0.4, 0.5) is 4.39 Å². The number of nitrogens with zero attached hydrogens (tertiary/aromatic N) is 2. The summed E-state index contributed by atoms with van der Waals surface area (Å²) in [5, 5.41) is 8.21. The third-order valence-corrected chi connectivity index (χ3v) is 4.72. The van der Waals surface area contributed by atoms with Crippen molar-refractivity contribution in [1.29, 1.82) is 0 Å². The molecular weight excluding hydrogens is 365 g/mol. The maximum absolute atomic E-state index is 13.9. The van der Waals surface area contributed by atoms with Crippen LogP contribution < -0.4 is 10.1 Å². The van der Waals surface area contributed by atoms with Gasteiger partial charge in [-0.2, -0.15) is 5.10 Å². The molecule has 0 radical (unpaired) electrons. The van der Waals surface area contributed by atoms with Crippen LogP contribution >= 0.6 is 0 Å². The zero-order valence-corrected chi connectivity index (χ0v) is 16.2. The van der Waals surface area contributed by atoms with Gasteiger partial charge in [-0.15, -0.1) is 0 Å². The summed E-state index contributed by atoms with van der Waals surface area (Å²) in [5.41, 5.74) is 4.94. The fourth-order valence-electron chi connectivity index (χ4n) is 3.25. The Morgan fingerprint density at radius 2 is 1.66 bits per heavy atom. The number of para-hydroxylation sites is 1. The molecule has 3 aromatic carbocycles. The number of rotatable bonds is 7. The van der Waals surface area contributed by atoms with E-state index in [1.807, 2.05) is 65.5 Å². The van der Waals surface area contributed by atoms with Gasteiger partial charge in [-0.25, -0.2) is 9.07 Å². The van der Waals surface area contributed by atoms with Gasteiger partial charge in [-0.3, -0.25) is 0 Å². The highest BCUT2D eigenvalue weighted by Crippen LogP contribution is 2.24. The van der Waals surface area contributed by atoms with Crippen LogP contribution in [0.3, 0.4) is 0 Å². The first-order chi connectivity index (χ1) is 14.2. The topological polar surface area (TPSA) is 39.1 Å². The van der Waals surface area contributed by atoms with Crippen LogP contribution in [0.1, 0.15) is 11.1 Å². The van der Waals surface area contributed by atoms with E-state index in [1.54, 1.807) is 6.07 Å². The molecule has 1 N–H and O–H groups in total. The average molecular weight is 387 g/mol. The van der Waals surface area contributed by atoms with Crippen LogP contribution in [-0.2, 0) is 13.1 Å². The summed E-state index contributed by atoms with van der Waals surface area (Å²) in [6.07, 6.45) is 2.04. The number of nitrogens with one attached hydrogen (secondary N) is 1. The highest BCUT2D eigenvalue weighted by atomic mass is 19.1. The molecule has 0 aliphatic carbocycles. The first kappa shape index (κ1) is 18.9. The van der Waals surface area contributed by atoms with Crippen molar-refractivity contribution in [2.24, 2.45) is 0 Å². The highest BCUT2D eigenvalue weighted by Gasteiger charge is 2.12. The predicted molar refractivity (Wildman–Crippen MR) is 112 cm³/mol. The van der Waals surface area contributed by atoms with Gasteiger partial charge in [0.25, 0.3) is 0 Å². The normalized spacial score (nSPS) is 10.8. The van der Waals surface area contributed by atoms with Crippen LogP contribution in [-0.4, -0.2) is 16.9 Å². The van der Waals surface area contributed by atoms with Gasteiger partial charge in [0.05, 0.1) is 18.5 Å². The number of hydrogen-bond donors (Lipinski definition) is 1. The van der Waals surface area contributed by atoms with E-state index in [1.165, 1.54) is 13.2 Å². The second-order valence-electron chi connectivity index (χ2n) is 6.72. The van der Waals surface area contributed by atoms with Crippen molar-refractivity contribution in [1.82, 2.24) is 15.1 Å². The minimum Gasteiger partial charge on any atom is -0.494 e. The fraction of sp³-hybridized carbons (Fsp3) is 0.125. The molecule has 0 spiro atoms. The second kappa shape index (κ2) is 8.71. The summed E-state index contributed by atoms with van der Waals surface area (Å²) in [6, 6.07) is 25.2. The van der Waals surface area contributed by atoms with Crippen LogP contribution in [0.5, 0.6) is 5.75 Å². The molecule has 0 amide bonds. The maximum Gasteiger partial charge on any atom is 0.165 e. The Morgan fingerprint density at radius 1 is 0.931 bits per heavy atom. The van der Waals surface area contributed by atoms with E-state index in [4.69, 9.17) is 9.84 Å². The van der Waals surface area contributed by atoms with Gasteiger partial charge in [-0.1, -0.05) is 54.6 Å². The molecule has 0 unspecified atom stereocenters. The van der Waals surface area contributed by atoms with E-state index in [2.05, 4.69) is 17.4 Å². The van der Waals surface area contributed by atoms with Crippen molar-refractivity contribution >= 4 is 0 Å². The summed E-state index contributed by atoms with van der Waals surface area (Å²) in [7, 11) is 1.46. The van der Waals surface area contributed by atoms with E-state index in [0.717, 1.165) is 28.1 Å². The third-order valence-electron chi connectivity index (χ3n) is 4.72. The lowest BCUT2D eigenvalue weighted by Crippen LogP contribution is -2.13. The van der Waals surface area contributed by atoms with Crippen molar-refractivity contribution in [2.45, 2.75) is 13.1 Å². The minimum absolute atomic E-state index is 0.254. The smallest absolute Gasteiger partial charge is 0.165 e. The monoisotopic (exact) mass is 387 g/mol. The Bertz CT molecular complexity index is 1080. The lowest BCUT2D eigenvalue weighted by atomic mass is 10.1. The average Bonchev–Trinajstić information content (AvgIpc) is 3.19. The Kier molecular flexibility index (Phi) is 5.68. The van der Waals surface area contributed by atoms with E-state index in [0.29, 0.717) is 13.1 Å². The van der Waals surface area contributed by atoms with Gasteiger partial charge >= 0.3 is 0 Å². The Labute approximate surface area is 169 Å². The molecule has 146 valence electrons. The summed E-state index contributed by atoms with van der Waals surface area (Å²) in [6.45, 7) is 1.16. The van der Waals surface area contributed by atoms with Crippen molar-refractivity contribution < 1.29 is 9.13 Å². The van der Waals surface area contributed by atoms with E-state index < -0.39 is 0 Å². The lowest BCUT2D eigenvalue weighted by Gasteiger charge is -2.07. The van der Waals surface area contributed by atoms with Crippen LogP contribution in [0.15, 0.2) is 85.1 Å². The number of aromatic nitrogens is 2. The molecule has 0 bridgehead atoms. The first-order valence-corrected chi connectivity index (χ1v) is 9.47. The summed E-state index contributed by atoms with van der Waals surface area (Å²) in [4.78, 5) is 0. The van der Waals surface area contributed by atoms with Crippen molar-refractivity contribution in [2.75, 3.05) is 7.11 Å². The van der Waals surface area contributed by atoms with Gasteiger partial charge in [0.15, 0.2) is 11.6 Å². The van der Waals surface area contributed by atoms with Crippen LogP contribution in [0.2, 0.25) is 0 Å². The first-order valence-electron chi connectivity index (χ1n) is 9.47. The van der Waals surface area contributed by atoms with Crippen molar-refractivity contribution in [3.8, 4) is 22.7 Å². The molecule has 4 aromatic rings. The molecular formula is C24H22FN3O. The Hall–Kier alpha value is -3.44. The summed E-state index contributed by atoms with van der Waals surface area (Å²) >= 11 is 0. The SMILES string of the molecule is COc1ccc(CNCc2cn(-c3ccccc3)nc2-c2ccccc2)cc1F. The molecule has 0 aliphatic rings. The molecule has 29 heavy (non-hydrogen) atoms. The van der Waals surface area contributed by atoms with Gasteiger partial charge in [0.1, 0.15) is 0 Å². The van der Waals surface area contributed by atoms with Crippen LogP contribution in [0.25, 0.3) is 16.9 Å². The Morgan fingerprint density at radius 3 is 2.34 bits per heavy atom. The maximum atomic E-state index is 13.9. The summed E-state index contributed by atoms with van der Waals surface area (Å²) < 4.78 is 20.8. The largest absolute Gasteiger partial charge is 0.494 e. The second-order valence-corrected chi connectivity index (χ2v) is 6.72. The standard InChI is InChI=1S/C24H22FN3O/c1-29-23-13-12-18(14-22(23)25)15-26-16-20-17-28(21-10-6-3-7-11-21)27-24(20)19-8-4-2-5-9-19/h2-14,17,26H,15-16H2,1H3. The van der Waals surface area contributed by atoms with Gasteiger partial charge < -0.3 is 10.1 Å². The molecule has 5 heteroatoms. The van der Waals surface area contributed by atoms with Crippen molar-refractivity contribution in [3.63, 3.8) is 0 Å². The Balaban J connectivity index is 1.55. The molecule has 0 atom stereocenters. The number of halogens is 1. The number of benzene rings is 3. The predicted octanol–water partition coefficient (Wildman–Crippen LogP) is 4.98. The molecule has 4 nitrogen and oxygen atoms in total. The minimum atomic E-state index is -0.353. The number of methoxy groups -OCH3 is 1. The highest BCUT2D eigenvalue weighted by molar-refractivity contribution is 5.63. The quantitative estimate of drug-likeness (QED) is 0.486. The number of ether oxygens (including phenoxy) is 1. The molecule has 0 aliphatic heterocycles. The van der Waals surface area contributed by atoms with E-state index in [9.17, 15) is 4.39 Å². The van der Waals surface area contributed by atoms with Crippen molar-refractivity contribution in [3.05, 3.63) is 102 Å². The third kappa shape index (κ3) is 4.36. The molecule has 0 fully saturated rings. The van der Waals surface area contributed by atoms with E-state index >= 15 is 0 Å². The molecule has 1 aromatic heterocycles. The van der Waals surface area contributed by atoms with Crippen LogP contribution in [0, 0.1) is 5.82 Å². The van der Waals surface area contributed by atoms with Gasteiger partial charge in [0.2, 0.25) is 0 Å². The lowest BCUT2D eigenvalue weighted by molar-refractivity contribution is 0.386. The number of hydrogen-bond acceptors (Lipinski definition) is 3. The molecule has 0 saturated heterocycles. The zero-order chi connectivity index (χ0) is 20.1. The molecule has 1 heterocycles. The van der Waals surface area contributed by atoms with Gasteiger partial charge in [-0.05, 0) is 29.8 Å². The van der Waals surface area contributed by atoms with Gasteiger partial charge in [0, 0.05) is 30.4 Å².